The summed E-state index contributed by atoms with van der Waals surface area (Å²) in [5.74, 6) is -4.86. The van der Waals surface area contributed by atoms with E-state index in [2.05, 4.69) is 22.5 Å². The summed E-state index contributed by atoms with van der Waals surface area (Å²) in [6, 6.07) is -4.53. The molecular weight excluding hydrogens is 533 g/mol. The van der Waals surface area contributed by atoms with Gasteiger partial charge in [-0.15, -0.1) is 6.58 Å². The highest BCUT2D eigenvalue weighted by Crippen LogP contribution is 2.65. The lowest BCUT2D eigenvalue weighted by Crippen LogP contribution is -2.61. The maximum atomic E-state index is 13.8. The second kappa shape index (κ2) is 11.4. The van der Waals surface area contributed by atoms with Crippen LogP contribution in [0.3, 0.4) is 0 Å². The fraction of sp³-hybridized carbons (Fsp3) is 0.741. The van der Waals surface area contributed by atoms with Gasteiger partial charge in [-0.3, -0.25) is 19.2 Å². The number of ether oxygens (including phenoxy) is 1. The number of Topliss-reactive ketones (excluding diaryl/α,β-unsaturated/α-hetero) is 1. The van der Waals surface area contributed by atoms with Crippen molar-refractivity contribution >= 4 is 29.6 Å². The van der Waals surface area contributed by atoms with E-state index >= 15 is 0 Å². The molecule has 1 heterocycles. The molecule has 10 nitrogen and oxygen atoms in total. The molecule has 40 heavy (non-hydrogen) atoms. The smallest absolute Gasteiger partial charge is 0.408 e. The number of nitrogens with one attached hydrogen (secondary N) is 3. The number of rotatable bonds is 9. The summed E-state index contributed by atoms with van der Waals surface area (Å²) in [5, 5.41) is 6.80. The third-order valence-electron chi connectivity index (χ3n) is 7.23. The molecule has 0 spiro atoms. The first kappa shape index (κ1) is 33.1. The van der Waals surface area contributed by atoms with Crippen LogP contribution < -0.4 is 16.0 Å². The first-order valence-electron chi connectivity index (χ1n) is 13.1. The van der Waals surface area contributed by atoms with Gasteiger partial charge in [-0.05, 0) is 43.4 Å². The zero-order valence-electron chi connectivity index (χ0n) is 24.3. The molecule has 226 valence electrons. The van der Waals surface area contributed by atoms with Gasteiger partial charge in [0.2, 0.25) is 17.6 Å². The fourth-order valence-electron chi connectivity index (χ4n) is 5.16. The average molecular weight is 575 g/mol. The molecule has 1 unspecified atom stereocenters. The number of carbonyl (C=O) groups excluding carboxylic acids is 5. The molecule has 1 aliphatic carbocycles. The van der Waals surface area contributed by atoms with Crippen molar-refractivity contribution in [2.45, 2.75) is 91.7 Å². The molecular formula is C27H41F3N4O6. The summed E-state index contributed by atoms with van der Waals surface area (Å²) in [6.07, 6.45) is -6.22. The van der Waals surface area contributed by atoms with Crippen LogP contribution in [0, 0.1) is 22.7 Å². The number of halogens is 3. The van der Waals surface area contributed by atoms with Crippen molar-refractivity contribution in [1.29, 1.82) is 0 Å². The van der Waals surface area contributed by atoms with Crippen molar-refractivity contribution in [2.24, 2.45) is 22.7 Å². The van der Waals surface area contributed by atoms with Crippen molar-refractivity contribution in [3.8, 4) is 0 Å². The van der Waals surface area contributed by atoms with Gasteiger partial charge < -0.3 is 25.6 Å². The van der Waals surface area contributed by atoms with E-state index in [0.29, 0.717) is 0 Å². The van der Waals surface area contributed by atoms with Gasteiger partial charge in [0, 0.05) is 13.1 Å². The summed E-state index contributed by atoms with van der Waals surface area (Å²) in [6.45, 7) is 17.2. The van der Waals surface area contributed by atoms with E-state index in [1.54, 1.807) is 41.5 Å². The average Bonchev–Trinajstić information content (AvgIpc) is 3.11. The van der Waals surface area contributed by atoms with Crippen LogP contribution in [-0.2, 0) is 23.9 Å². The number of likely N-dealkylation sites (tertiary alicyclic amines) is 1. The highest BCUT2D eigenvalue weighted by Gasteiger charge is 2.70. The molecule has 0 aromatic heterocycles. The number of alkyl halides is 3. The predicted octanol–water partition coefficient (Wildman–Crippen LogP) is 2.72. The Hall–Kier alpha value is -3.12. The van der Waals surface area contributed by atoms with E-state index in [1.165, 1.54) is 11.0 Å². The van der Waals surface area contributed by atoms with Crippen LogP contribution in [0.2, 0.25) is 0 Å². The molecule has 0 aromatic carbocycles. The van der Waals surface area contributed by atoms with E-state index in [9.17, 15) is 37.1 Å². The number of carbonyl (C=O) groups is 5. The second-order valence-corrected chi connectivity index (χ2v) is 13.1. The normalized spacial score (nSPS) is 23.3. The molecule has 13 heteroatoms. The minimum absolute atomic E-state index is 0.123. The van der Waals surface area contributed by atoms with E-state index < -0.39 is 77.3 Å². The third kappa shape index (κ3) is 7.97. The Morgan fingerprint density at radius 3 is 2.10 bits per heavy atom. The van der Waals surface area contributed by atoms with Gasteiger partial charge in [-0.2, -0.15) is 13.2 Å². The number of nitrogens with zero attached hydrogens (tertiary/aromatic N) is 1. The minimum Gasteiger partial charge on any atom is -0.444 e. The first-order valence-corrected chi connectivity index (χ1v) is 13.1. The number of piperidine rings is 1. The SMILES string of the molecule is C=CCNC(=O)C(=O)C(CC(F)(F)F)NC(=O)[C@@H]1[C@@H]2[C@H](CN1C(=O)[C@@H](NC(=O)OC(C)(C)C)C(C)(C)C)C2(C)C. The van der Waals surface area contributed by atoms with E-state index in [4.69, 9.17) is 4.74 Å². The van der Waals surface area contributed by atoms with Crippen LogP contribution in [0.25, 0.3) is 0 Å². The molecule has 2 rings (SSSR count). The number of ketones is 1. The molecule has 1 saturated heterocycles. The molecule has 5 atom stereocenters. The van der Waals surface area contributed by atoms with Crippen molar-refractivity contribution in [1.82, 2.24) is 20.9 Å². The largest absolute Gasteiger partial charge is 0.444 e. The van der Waals surface area contributed by atoms with Crippen LogP contribution in [0.4, 0.5) is 18.0 Å². The van der Waals surface area contributed by atoms with E-state index in [1.807, 2.05) is 13.8 Å². The topological polar surface area (TPSA) is 134 Å². The van der Waals surface area contributed by atoms with Crippen LogP contribution in [0.1, 0.15) is 61.8 Å². The molecule has 3 N–H and O–H groups in total. The van der Waals surface area contributed by atoms with Gasteiger partial charge in [0.05, 0.1) is 6.42 Å². The lowest BCUT2D eigenvalue weighted by Gasteiger charge is -2.38. The van der Waals surface area contributed by atoms with Gasteiger partial charge in [0.15, 0.2) is 0 Å². The molecule has 0 radical (unpaired) electrons. The minimum atomic E-state index is -4.87. The Balaban J connectivity index is 2.36. The van der Waals surface area contributed by atoms with Crippen LogP contribution >= 0.6 is 0 Å². The molecule has 0 bridgehead atoms. The molecule has 1 saturated carbocycles. The van der Waals surface area contributed by atoms with Crippen molar-refractivity contribution in [3.63, 3.8) is 0 Å². The fourth-order valence-corrected chi connectivity index (χ4v) is 5.16. The van der Waals surface area contributed by atoms with E-state index in [0.717, 1.165) is 0 Å². The number of amides is 4. The van der Waals surface area contributed by atoms with Gasteiger partial charge >= 0.3 is 12.3 Å². The lowest BCUT2D eigenvalue weighted by molar-refractivity contribution is -0.155. The van der Waals surface area contributed by atoms with Crippen molar-refractivity contribution in [3.05, 3.63) is 12.7 Å². The Labute approximate surface area is 232 Å². The Kier molecular flexibility index (Phi) is 9.43. The first-order chi connectivity index (χ1) is 18.0. The van der Waals surface area contributed by atoms with Crippen LogP contribution in [-0.4, -0.2) is 77.5 Å². The second-order valence-electron chi connectivity index (χ2n) is 13.1. The number of fused-ring (bicyclic) bond motifs is 1. The number of hydrogen-bond donors (Lipinski definition) is 3. The summed E-state index contributed by atoms with van der Waals surface area (Å²) in [4.78, 5) is 65.9. The standard InChI is InChI=1S/C27H41F3N4O6/c1-10-11-31-21(37)18(35)15(12-27(28,29)30)32-20(36)17-16-14(26(16,8)9)13-34(17)22(38)19(24(2,3)4)33-23(39)40-25(5,6)7/h10,14-17,19H,1,11-13H2,2-9H3,(H,31,37)(H,32,36)(H,33,39)/t14-,15?,16-,17-,19+/m0/s1. The summed E-state index contributed by atoms with van der Waals surface area (Å²) >= 11 is 0. The van der Waals surface area contributed by atoms with E-state index in [-0.39, 0.29) is 24.4 Å². The van der Waals surface area contributed by atoms with Crippen molar-refractivity contribution < 1.29 is 41.9 Å². The Morgan fingerprint density at radius 1 is 1.05 bits per heavy atom. The lowest BCUT2D eigenvalue weighted by atomic mass is 9.85. The van der Waals surface area contributed by atoms with Gasteiger partial charge in [0.1, 0.15) is 23.7 Å². The molecule has 2 fully saturated rings. The maximum Gasteiger partial charge on any atom is 0.408 e. The van der Waals surface area contributed by atoms with Gasteiger partial charge in [0.25, 0.3) is 5.91 Å². The summed E-state index contributed by atoms with van der Waals surface area (Å²) in [5.41, 5.74) is -2.05. The summed E-state index contributed by atoms with van der Waals surface area (Å²) in [7, 11) is 0. The number of hydrogen-bond acceptors (Lipinski definition) is 6. The zero-order valence-corrected chi connectivity index (χ0v) is 24.3. The predicted molar refractivity (Wildman–Crippen MR) is 140 cm³/mol. The van der Waals surface area contributed by atoms with Crippen LogP contribution in [0.5, 0.6) is 0 Å². The van der Waals surface area contributed by atoms with Gasteiger partial charge in [-0.25, -0.2) is 4.79 Å². The molecule has 1 aliphatic heterocycles. The van der Waals surface area contributed by atoms with Gasteiger partial charge in [-0.1, -0.05) is 40.7 Å². The zero-order chi connectivity index (χ0) is 31.0. The summed E-state index contributed by atoms with van der Waals surface area (Å²) < 4.78 is 45.3. The maximum absolute atomic E-state index is 13.8. The molecule has 0 aromatic rings. The highest BCUT2D eigenvalue weighted by atomic mass is 19.4. The number of alkyl carbamates (subject to hydrolysis) is 1. The Morgan fingerprint density at radius 2 is 1.62 bits per heavy atom. The van der Waals surface area contributed by atoms with Crippen molar-refractivity contribution in [2.75, 3.05) is 13.1 Å². The monoisotopic (exact) mass is 574 g/mol. The molecule has 4 amide bonds. The quantitative estimate of drug-likeness (QED) is 0.287. The highest BCUT2D eigenvalue weighted by molar-refractivity contribution is 6.38. The van der Waals surface area contributed by atoms with Crippen LogP contribution in [0.15, 0.2) is 12.7 Å². The molecule has 2 aliphatic rings. The third-order valence-corrected chi connectivity index (χ3v) is 7.23. The Bertz CT molecular complexity index is 1040.